The van der Waals surface area contributed by atoms with E-state index in [1.165, 1.54) is 0 Å². The molecule has 1 aliphatic heterocycles. The Bertz CT molecular complexity index is 183. The lowest BCUT2D eigenvalue weighted by atomic mass is 10.2. The van der Waals surface area contributed by atoms with Gasteiger partial charge in [0.2, 0.25) is 0 Å². The second-order valence-electron chi connectivity index (χ2n) is 4.25. The van der Waals surface area contributed by atoms with Crippen LogP contribution < -0.4 is 5.73 Å². The second-order valence-corrected chi connectivity index (χ2v) is 4.25. The van der Waals surface area contributed by atoms with Gasteiger partial charge in [0.25, 0.3) is 0 Å². The van der Waals surface area contributed by atoms with Gasteiger partial charge in [-0.3, -0.25) is 10.3 Å². The van der Waals surface area contributed by atoms with Crippen LogP contribution in [0.25, 0.3) is 0 Å². The molecule has 0 bridgehead atoms. The molecule has 0 atom stereocenters. The Labute approximate surface area is 86.6 Å². The quantitative estimate of drug-likeness (QED) is 0.506. The third-order valence-electron chi connectivity index (χ3n) is 2.83. The number of nitrogens with two attached hydrogens (primary N) is 1. The minimum absolute atomic E-state index is 0.302. The number of amidine groups is 1. The first-order valence-corrected chi connectivity index (χ1v) is 5.39. The zero-order chi connectivity index (χ0) is 10.6. The normalized spacial score (nSPS) is 20.2. The smallest absolute Gasteiger partial charge is 0.0918 e. The van der Waals surface area contributed by atoms with Crippen LogP contribution >= 0.6 is 0 Å². The number of hydrogen-bond donors (Lipinski definition) is 2. The Balaban J connectivity index is 2.19. The van der Waals surface area contributed by atoms with Crippen LogP contribution in [0.2, 0.25) is 0 Å². The van der Waals surface area contributed by atoms with Gasteiger partial charge in [-0.25, -0.2) is 0 Å². The number of hydrogen-bond acceptors (Lipinski definition) is 3. The van der Waals surface area contributed by atoms with Crippen LogP contribution in [-0.4, -0.2) is 54.4 Å². The van der Waals surface area contributed by atoms with E-state index in [1.54, 1.807) is 0 Å². The van der Waals surface area contributed by atoms with E-state index < -0.39 is 0 Å². The Morgan fingerprint density at radius 2 is 1.86 bits per heavy atom. The van der Waals surface area contributed by atoms with Crippen molar-refractivity contribution in [2.24, 2.45) is 5.73 Å². The highest BCUT2D eigenvalue weighted by atomic mass is 15.3. The molecule has 3 N–H and O–H groups in total. The maximum absolute atomic E-state index is 7.16. The van der Waals surface area contributed by atoms with E-state index in [0.29, 0.717) is 18.3 Å². The van der Waals surface area contributed by atoms with E-state index in [2.05, 4.69) is 23.6 Å². The highest BCUT2D eigenvalue weighted by molar-refractivity contribution is 5.76. The van der Waals surface area contributed by atoms with E-state index in [1.807, 2.05) is 0 Å². The maximum Gasteiger partial charge on any atom is 0.0918 e. The SMILES string of the molecule is CC(C)N1CCN(CCC(=N)N)CC1. The van der Waals surface area contributed by atoms with Crippen molar-refractivity contribution in [3.63, 3.8) is 0 Å². The molecule has 0 saturated carbocycles. The van der Waals surface area contributed by atoms with Crippen LogP contribution in [0.1, 0.15) is 20.3 Å². The van der Waals surface area contributed by atoms with Gasteiger partial charge in [0, 0.05) is 45.2 Å². The Hall–Kier alpha value is -0.610. The summed E-state index contributed by atoms with van der Waals surface area (Å²) in [5, 5.41) is 7.16. The van der Waals surface area contributed by atoms with Crippen molar-refractivity contribution in [2.45, 2.75) is 26.3 Å². The molecule has 14 heavy (non-hydrogen) atoms. The van der Waals surface area contributed by atoms with Crippen molar-refractivity contribution in [1.29, 1.82) is 5.41 Å². The summed E-state index contributed by atoms with van der Waals surface area (Å²) in [6, 6.07) is 0.657. The lowest BCUT2D eigenvalue weighted by Crippen LogP contribution is -2.49. The first-order chi connectivity index (χ1) is 6.59. The average molecular weight is 198 g/mol. The molecule has 1 fully saturated rings. The third-order valence-corrected chi connectivity index (χ3v) is 2.83. The molecule has 1 saturated heterocycles. The fraction of sp³-hybridized carbons (Fsp3) is 0.900. The van der Waals surface area contributed by atoms with Crippen molar-refractivity contribution in [1.82, 2.24) is 9.80 Å². The van der Waals surface area contributed by atoms with Gasteiger partial charge in [-0.05, 0) is 13.8 Å². The van der Waals surface area contributed by atoms with E-state index >= 15 is 0 Å². The molecule has 0 aromatic carbocycles. The van der Waals surface area contributed by atoms with Gasteiger partial charge >= 0.3 is 0 Å². The molecule has 82 valence electrons. The Morgan fingerprint density at radius 1 is 1.29 bits per heavy atom. The largest absolute Gasteiger partial charge is 0.388 e. The van der Waals surface area contributed by atoms with E-state index in [4.69, 9.17) is 11.1 Å². The summed E-state index contributed by atoms with van der Waals surface area (Å²) >= 11 is 0. The van der Waals surface area contributed by atoms with E-state index in [-0.39, 0.29) is 0 Å². The fourth-order valence-corrected chi connectivity index (χ4v) is 1.78. The highest BCUT2D eigenvalue weighted by Gasteiger charge is 2.18. The van der Waals surface area contributed by atoms with Crippen LogP contribution in [0.3, 0.4) is 0 Å². The van der Waals surface area contributed by atoms with Crippen molar-refractivity contribution < 1.29 is 0 Å². The van der Waals surface area contributed by atoms with Gasteiger partial charge in [0.1, 0.15) is 0 Å². The summed E-state index contributed by atoms with van der Waals surface area (Å²) < 4.78 is 0. The molecule has 0 amide bonds. The van der Waals surface area contributed by atoms with Crippen LogP contribution in [0, 0.1) is 5.41 Å². The molecule has 0 unspecified atom stereocenters. The summed E-state index contributed by atoms with van der Waals surface area (Å²) in [5.74, 6) is 0.302. The number of rotatable bonds is 4. The van der Waals surface area contributed by atoms with Gasteiger partial charge in [-0.15, -0.1) is 0 Å². The predicted octanol–water partition coefficient (Wildman–Crippen LogP) is 0.338. The highest BCUT2D eigenvalue weighted by Crippen LogP contribution is 2.05. The molecule has 0 radical (unpaired) electrons. The van der Waals surface area contributed by atoms with E-state index in [0.717, 1.165) is 32.7 Å². The zero-order valence-electron chi connectivity index (χ0n) is 9.29. The van der Waals surface area contributed by atoms with Gasteiger partial charge in [-0.1, -0.05) is 0 Å². The van der Waals surface area contributed by atoms with Crippen LogP contribution in [0.4, 0.5) is 0 Å². The van der Waals surface area contributed by atoms with Gasteiger partial charge in [0.05, 0.1) is 5.84 Å². The molecule has 0 spiro atoms. The van der Waals surface area contributed by atoms with Crippen molar-refractivity contribution in [3.8, 4) is 0 Å². The van der Waals surface area contributed by atoms with Gasteiger partial charge in [0.15, 0.2) is 0 Å². The summed E-state index contributed by atoms with van der Waals surface area (Å²) in [7, 11) is 0. The third kappa shape index (κ3) is 3.64. The molecule has 0 aromatic heterocycles. The molecular weight excluding hydrogens is 176 g/mol. The molecule has 4 nitrogen and oxygen atoms in total. The molecule has 0 aromatic rings. The van der Waals surface area contributed by atoms with Crippen molar-refractivity contribution in [3.05, 3.63) is 0 Å². The molecule has 1 rings (SSSR count). The number of piperazine rings is 1. The predicted molar refractivity (Wildman–Crippen MR) is 59.7 cm³/mol. The van der Waals surface area contributed by atoms with Gasteiger partial charge < -0.3 is 10.6 Å². The monoisotopic (exact) mass is 198 g/mol. The lowest BCUT2D eigenvalue weighted by Gasteiger charge is -2.36. The summed E-state index contributed by atoms with van der Waals surface area (Å²) in [5.41, 5.74) is 5.33. The van der Waals surface area contributed by atoms with E-state index in [9.17, 15) is 0 Å². The first-order valence-electron chi connectivity index (χ1n) is 5.39. The van der Waals surface area contributed by atoms with Crippen LogP contribution in [0.15, 0.2) is 0 Å². The molecule has 1 aliphatic rings. The van der Waals surface area contributed by atoms with Crippen LogP contribution in [0.5, 0.6) is 0 Å². The maximum atomic E-state index is 7.16. The standard InChI is InChI=1S/C10H22N4/c1-9(2)14-7-5-13(6-8-14)4-3-10(11)12/h9H,3-8H2,1-2H3,(H3,11,12). The molecular formula is C10H22N4. The summed E-state index contributed by atoms with van der Waals surface area (Å²) in [6.07, 6.45) is 0.710. The van der Waals surface area contributed by atoms with Gasteiger partial charge in [-0.2, -0.15) is 0 Å². The Morgan fingerprint density at radius 3 is 2.29 bits per heavy atom. The molecule has 4 heteroatoms. The fourth-order valence-electron chi connectivity index (χ4n) is 1.78. The lowest BCUT2D eigenvalue weighted by molar-refractivity contribution is 0.110. The summed E-state index contributed by atoms with van der Waals surface area (Å²) in [6.45, 7) is 9.96. The van der Waals surface area contributed by atoms with Crippen molar-refractivity contribution >= 4 is 5.84 Å². The Kier molecular flexibility index (Phi) is 4.35. The summed E-state index contributed by atoms with van der Waals surface area (Å²) in [4.78, 5) is 4.88. The first kappa shape index (κ1) is 11.5. The minimum Gasteiger partial charge on any atom is -0.388 e. The number of nitrogens with zero attached hydrogens (tertiary/aromatic N) is 2. The second kappa shape index (κ2) is 5.32. The number of nitrogens with one attached hydrogen (secondary N) is 1. The average Bonchev–Trinajstić information content (AvgIpc) is 2.15. The molecule has 0 aliphatic carbocycles. The zero-order valence-corrected chi connectivity index (χ0v) is 9.29. The topological polar surface area (TPSA) is 56.4 Å². The van der Waals surface area contributed by atoms with Crippen LogP contribution in [-0.2, 0) is 0 Å². The molecule has 1 heterocycles. The van der Waals surface area contributed by atoms with Crippen molar-refractivity contribution in [2.75, 3.05) is 32.7 Å². The minimum atomic E-state index is 0.302.